The monoisotopic (exact) mass is 480 g/mol. The van der Waals surface area contributed by atoms with Crippen molar-refractivity contribution < 1.29 is 31.1 Å². The summed E-state index contributed by atoms with van der Waals surface area (Å²) in [5, 5.41) is 1.23. The van der Waals surface area contributed by atoms with Crippen LogP contribution in [-0.4, -0.2) is 6.36 Å². The van der Waals surface area contributed by atoms with Gasteiger partial charge in [0.2, 0.25) is 5.75 Å². The molecule has 3 aromatic rings. The van der Waals surface area contributed by atoms with Crippen LogP contribution in [-0.2, 0) is 6.42 Å². The van der Waals surface area contributed by atoms with Crippen LogP contribution in [0.25, 0.3) is 10.8 Å². The molecule has 1 nitrogen and oxygen atoms in total. The second kappa shape index (κ2) is 9.88. The van der Waals surface area contributed by atoms with Gasteiger partial charge in [-0.2, -0.15) is 0 Å². The van der Waals surface area contributed by atoms with Crippen LogP contribution in [0.1, 0.15) is 68.1 Å². The van der Waals surface area contributed by atoms with E-state index in [0.717, 1.165) is 67.2 Å². The predicted octanol–water partition coefficient (Wildman–Crippen LogP) is 8.82. The molecule has 0 aliphatic heterocycles. The maximum Gasteiger partial charge on any atom is 0.573 e. The van der Waals surface area contributed by atoms with E-state index in [4.69, 9.17) is 0 Å². The van der Waals surface area contributed by atoms with Crippen molar-refractivity contribution in [3.05, 3.63) is 76.6 Å². The predicted molar refractivity (Wildman–Crippen MR) is 119 cm³/mol. The first-order valence-corrected chi connectivity index (χ1v) is 11.6. The van der Waals surface area contributed by atoms with E-state index in [1.165, 1.54) is 6.07 Å². The fraction of sp³-hybridized carbons (Fsp3) is 0.407. The van der Waals surface area contributed by atoms with Gasteiger partial charge in [-0.1, -0.05) is 56.9 Å². The van der Waals surface area contributed by atoms with E-state index in [0.29, 0.717) is 11.8 Å². The summed E-state index contributed by atoms with van der Waals surface area (Å²) in [7, 11) is 0. The van der Waals surface area contributed by atoms with Crippen LogP contribution in [0.15, 0.2) is 42.5 Å². The van der Waals surface area contributed by atoms with Crippen molar-refractivity contribution in [2.75, 3.05) is 0 Å². The molecule has 0 radical (unpaired) electrons. The molecule has 7 heteroatoms. The highest BCUT2D eigenvalue weighted by Crippen LogP contribution is 2.46. The third-order valence-corrected chi connectivity index (χ3v) is 6.75. The van der Waals surface area contributed by atoms with E-state index in [9.17, 15) is 26.3 Å². The van der Waals surface area contributed by atoms with Crippen molar-refractivity contribution in [3.8, 4) is 5.75 Å². The summed E-state index contributed by atoms with van der Waals surface area (Å²) in [6.45, 7) is 2.11. The quantitative estimate of drug-likeness (QED) is 0.242. The average molecular weight is 480 g/mol. The fourth-order valence-corrected chi connectivity index (χ4v) is 5.29. The Hall–Kier alpha value is -2.70. The SMILES string of the molecule is CCCCCC[C@@H]1CCc2c(ccc3c(F)cccc23)[C@H]1c1cc(F)c(OC(F)(F)F)c(F)c1. The van der Waals surface area contributed by atoms with Crippen molar-refractivity contribution in [1.82, 2.24) is 0 Å². The largest absolute Gasteiger partial charge is 0.573 e. The molecule has 0 unspecified atom stereocenters. The fourth-order valence-electron chi connectivity index (χ4n) is 5.29. The van der Waals surface area contributed by atoms with Crippen LogP contribution in [0.2, 0.25) is 0 Å². The van der Waals surface area contributed by atoms with E-state index in [1.807, 2.05) is 6.07 Å². The van der Waals surface area contributed by atoms with Crippen LogP contribution in [0.3, 0.4) is 0 Å². The Labute approximate surface area is 194 Å². The Morgan fingerprint density at radius 1 is 0.882 bits per heavy atom. The Bertz CT molecular complexity index is 1150. The Morgan fingerprint density at radius 2 is 1.62 bits per heavy atom. The average Bonchev–Trinajstić information content (AvgIpc) is 2.78. The molecule has 0 heterocycles. The number of hydrogen-bond donors (Lipinski definition) is 0. The van der Waals surface area contributed by atoms with Gasteiger partial charge >= 0.3 is 6.36 Å². The zero-order valence-corrected chi connectivity index (χ0v) is 18.8. The lowest BCUT2D eigenvalue weighted by Gasteiger charge is -2.35. The molecule has 34 heavy (non-hydrogen) atoms. The number of alkyl halides is 3. The number of halogens is 6. The van der Waals surface area contributed by atoms with Gasteiger partial charge < -0.3 is 4.74 Å². The van der Waals surface area contributed by atoms with Gasteiger partial charge in [-0.05, 0) is 65.5 Å². The van der Waals surface area contributed by atoms with Crippen molar-refractivity contribution in [3.63, 3.8) is 0 Å². The van der Waals surface area contributed by atoms with Gasteiger partial charge in [0, 0.05) is 11.3 Å². The van der Waals surface area contributed by atoms with Crippen molar-refractivity contribution in [2.45, 2.75) is 64.1 Å². The van der Waals surface area contributed by atoms with E-state index in [2.05, 4.69) is 11.7 Å². The minimum atomic E-state index is -5.20. The van der Waals surface area contributed by atoms with Gasteiger partial charge in [-0.25, -0.2) is 13.2 Å². The molecule has 0 N–H and O–H groups in total. The normalized spacial score (nSPS) is 18.2. The molecule has 2 atom stereocenters. The van der Waals surface area contributed by atoms with Gasteiger partial charge in [0.05, 0.1) is 0 Å². The highest BCUT2D eigenvalue weighted by Gasteiger charge is 2.36. The van der Waals surface area contributed by atoms with Crippen molar-refractivity contribution >= 4 is 10.8 Å². The number of fused-ring (bicyclic) bond motifs is 3. The molecule has 3 aromatic carbocycles. The number of ether oxygens (including phenoxy) is 1. The smallest absolute Gasteiger partial charge is 0.399 e. The lowest BCUT2D eigenvalue weighted by Crippen LogP contribution is -2.23. The van der Waals surface area contributed by atoms with Crippen LogP contribution in [0.5, 0.6) is 5.75 Å². The summed E-state index contributed by atoms with van der Waals surface area (Å²) in [5.41, 5.74) is 2.03. The zero-order valence-electron chi connectivity index (χ0n) is 18.8. The molecule has 0 saturated carbocycles. The second-order valence-electron chi connectivity index (χ2n) is 8.96. The van der Waals surface area contributed by atoms with Crippen LogP contribution in [0.4, 0.5) is 26.3 Å². The van der Waals surface area contributed by atoms with Gasteiger partial charge in [0.25, 0.3) is 0 Å². The summed E-state index contributed by atoms with van der Waals surface area (Å²) in [6.07, 6.45) is 1.22. The molecule has 0 bridgehead atoms. The van der Waals surface area contributed by atoms with Gasteiger partial charge in [-0.3, -0.25) is 0 Å². The first kappa shape index (κ1) is 24.4. The summed E-state index contributed by atoms with van der Waals surface area (Å²) < 4.78 is 85.1. The van der Waals surface area contributed by atoms with Crippen molar-refractivity contribution in [1.29, 1.82) is 0 Å². The number of unbranched alkanes of at least 4 members (excludes halogenated alkanes) is 3. The highest BCUT2D eigenvalue weighted by atomic mass is 19.4. The van der Waals surface area contributed by atoms with Crippen molar-refractivity contribution in [2.24, 2.45) is 5.92 Å². The van der Waals surface area contributed by atoms with E-state index in [1.54, 1.807) is 18.2 Å². The van der Waals surface area contributed by atoms with Crippen LogP contribution >= 0.6 is 0 Å². The van der Waals surface area contributed by atoms with Gasteiger partial charge in [-0.15, -0.1) is 13.2 Å². The first-order chi connectivity index (χ1) is 16.2. The van der Waals surface area contributed by atoms with E-state index in [-0.39, 0.29) is 17.3 Å². The maximum absolute atomic E-state index is 14.6. The Balaban J connectivity index is 1.79. The minimum Gasteiger partial charge on any atom is -0.399 e. The molecule has 1 aliphatic rings. The van der Waals surface area contributed by atoms with Crippen LogP contribution < -0.4 is 4.74 Å². The Morgan fingerprint density at radius 3 is 2.29 bits per heavy atom. The Kier molecular flexibility index (Phi) is 7.10. The third kappa shape index (κ3) is 5.03. The lowest BCUT2D eigenvalue weighted by molar-refractivity contribution is -0.276. The summed E-state index contributed by atoms with van der Waals surface area (Å²) in [5.74, 6) is -4.94. The number of aryl methyl sites for hydroxylation is 1. The number of rotatable bonds is 7. The molecule has 182 valence electrons. The van der Waals surface area contributed by atoms with Crippen LogP contribution in [0, 0.1) is 23.4 Å². The lowest BCUT2D eigenvalue weighted by atomic mass is 9.69. The molecule has 0 fully saturated rings. The molecule has 4 rings (SSSR count). The first-order valence-electron chi connectivity index (χ1n) is 11.6. The molecule has 0 amide bonds. The summed E-state index contributed by atoms with van der Waals surface area (Å²) >= 11 is 0. The molecule has 0 spiro atoms. The second-order valence-corrected chi connectivity index (χ2v) is 8.96. The summed E-state index contributed by atoms with van der Waals surface area (Å²) in [6, 6.07) is 10.2. The third-order valence-electron chi connectivity index (χ3n) is 6.75. The maximum atomic E-state index is 14.6. The number of hydrogen-bond acceptors (Lipinski definition) is 1. The molecular formula is C27H26F6O. The molecule has 1 aliphatic carbocycles. The van der Waals surface area contributed by atoms with E-state index < -0.39 is 29.7 Å². The summed E-state index contributed by atoms with van der Waals surface area (Å²) in [4.78, 5) is 0. The highest BCUT2D eigenvalue weighted by molar-refractivity contribution is 5.88. The number of benzene rings is 3. The van der Waals surface area contributed by atoms with Gasteiger partial charge in [0.1, 0.15) is 5.82 Å². The molecule has 0 saturated heterocycles. The molecular weight excluding hydrogens is 454 g/mol. The van der Waals surface area contributed by atoms with E-state index >= 15 is 0 Å². The standard InChI is InChI=1S/C27H26F6O/c1-2-3-4-5-7-16-10-11-19-18-8-6-9-22(28)20(18)12-13-21(19)25(16)17-14-23(29)26(24(30)15-17)34-27(31,32)33/h6,8-9,12-16,25H,2-5,7,10-11H2,1H3/t16-,25-/m1/s1. The minimum absolute atomic E-state index is 0.0588. The van der Waals surface area contributed by atoms with Gasteiger partial charge in [0.15, 0.2) is 11.6 Å². The zero-order chi connectivity index (χ0) is 24.5. The topological polar surface area (TPSA) is 9.23 Å². The molecule has 0 aromatic heterocycles.